The molecule has 5 nitrogen and oxygen atoms in total. The zero-order valence-corrected chi connectivity index (χ0v) is 20.2. The molecule has 0 aromatic heterocycles. The Morgan fingerprint density at radius 3 is 2.14 bits per heavy atom. The Kier molecular flexibility index (Phi) is 7.62. The number of hydrogen-bond donors (Lipinski definition) is 2. The topological polar surface area (TPSA) is 75.3 Å². The first kappa shape index (κ1) is 25.0. The summed E-state index contributed by atoms with van der Waals surface area (Å²) in [6.07, 6.45) is 2.24. The van der Waals surface area contributed by atoms with Gasteiger partial charge in [-0.3, -0.25) is 4.79 Å². The van der Waals surface area contributed by atoms with E-state index in [1.165, 1.54) is 30.3 Å². The van der Waals surface area contributed by atoms with Gasteiger partial charge in [-0.2, -0.15) is 0 Å². The minimum absolute atomic E-state index is 0.0770. The molecule has 1 saturated carbocycles. The second kappa shape index (κ2) is 10.7. The molecule has 1 aliphatic rings. The Balaban J connectivity index is 1.31. The zero-order valence-electron chi connectivity index (χ0n) is 19.4. The average molecular weight is 499 g/mol. The SMILES string of the molecule is C[C@@H](NC(=O)[C@H]1CC[C@H](NS(=O)(=O)c2ccc(-c3ccccc3F)cc2)CC1)c1ccc(F)cc1. The molecule has 0 radical (unpaired) electrons. The monoisotopic (exact) mass is 498 g/mol. The number of hydrogen-bond acceptors (Lipinski definition) is 3. The van der Waals surface area contributed by atoms with Crippen LogP contribution in [0.5, 0.6) is 0 Å². The van der Waals surface area contributed by atoms with E-state index in [-0.39, 0.29) is 40.4 Å². The fourth-order valence-electron chi connectivity index (χ4n) is 4.44. The molecule has 0 bridgehead atoms. The predicted octanol–water partition coefficient (Wildman–Crippen LogP) is 5.35. The van der Waals surface area contributed by atoms with E-state index in [9.17, 15) is 22.0 Å². The number of benzene rings is 3. The highest BCUT2D eigenvalue weighted by Gasteiger charge is 2.29. The predicted molar refractivity (Wildman–Crippen MR) is 131 cm³/mol. The van der Waals surface area contributed by atoms with Gasteiger partial charge in [-0.05, 0) is 74.1 Å². The van der Waals surface area contributed by atoms with Gasteiger partial charge in [0.2, 0.25) is 15.9 Å². The van der Waals surface area contributed by atoms with Crippen LogP contribution in [0.15, 0.2) is 77.7 Å². The molecule has 4 rings (SSSR count). The van der Waals surface area contributed by atoms with Gasteiger partial charge >= 0.3 is 0 Å². The number of halogens is 2. The van der Waals surface area contributed by atoms with E-state index in [0.717, 1.165) is 5.56 Å². The van der Waals surface area contributed by atoms with Crippen molar-refractivity contribution >= 4 is 15.9 Å². The molecule has 0 saturated heterocycles. The summed E-state index contributed by atoms with van der Waals surface area (Å²) in [5, 5.41) is 2.97. The normalized spacial score (nSPS) is 19.2. The third-order valence-corrected chi connectivity index (χ3v) is 8.03. The van der Waals surface area contributed by atoms with Crippen LogP contribution in [-0.4, -0.2) is 20.4 Å². The fraction of sp³-hybridized carbons (Fsp3) is 0.296. The molecule has 1 aliphatic carbocycles. The summed E-state index contributed by atoms with van der Waals surface area (Å²) in [7, 11) is -3.74. The van der Waals surface area contributed by atoms with Gasteiger partial charge in [0.05, 0.1) is 10.9 Å². The minimum atomic E-state index is -3.74. The smallest absolute Gasteiger partial charge is 0.240 e. The van der Waals surface area contributed by atoms with Crippen molar-refractivity contribution in [2.75, 3.05) is 0 Å². The number of carbonyl (C=O) groups is 1. The maximum Gasteiger partial charge on any atom is 0.240 e. The summed E-state index contributed by atoms with van der Waals surface area (Å²) in [4.78, 5) is 12.8. The number of amides is 1. The van der Waals surface area contributed by atoms with Crippen LogP contribution in [-0.2, 0) is 14.8 Å². The van der Waals surface area contributed by atoms with Gasteiger partial charge in [0.1, 0.15) is 11.6 Å². The summed E-state index contributed by atoms with van der Waals surface area (Å²) in [6.45, 7) is 1.85. The Labute approximate surface area is 204 Å². The van der Waals surface area contributed by atoms with Gasteiger partial charge < -0.3 is 5.32 Å². The van der Waals surface area contributed by atoms with Crippen LogP contribution in [0.25, 0.3) is 11.1 Å². The lowest BCUT2D eigenvalue weighted by atomic mass is 9.85. The van der Waals surface area contributed by atoms with Crippen LogP contribution in [0.3, 0.4) is 0 Å². The standard InChI is InChI=1S/C27H28F2N2O3S/c1-18(19-6-12-22(28)13-7-19)30-27(32)21-8-14-23(15-9-21)31-35(33,34)24-16-10-20(11-17-24)25-4-2-3-5-26(25)29/h2-7,10-13,16-18,21,23,31H,8-9,14-15H2,1H3,(H,30,32)/t18-,21-,23-/m1/s1. The molecule has 2 N–H and O–H groups in total. The van der Waals surface area contributed by atoms with Crippen LogP contribution in [0, 0.1) is 17.6 Å². The summed E-state index contributed by atoms with van der Waals surface area (Å²) < 4.78 is 55.6. The Morgan fingerprint density at radius 1 is 0.886 bits per heavy atom. The molecule has 35 heavy (non-hydrogen) atoms. The van der Waals surface area contributed by atoms with Gasteiger partial charge in [-0.1, -0.05) is 42.5 Å². The molecule has 184 valence electrons. The number of nitrogens with one attached hydrogen (secondary N) is 2. The molecule has 1 atom stereocenters. The lowest BCUT2D eigenvalue weighted by Gasteiger charge is -2.29. The molecule has 0 heterocycles. The van der Waals surface area contributed by atoms with Crippen LogP contribution < -0.4 is 10.0 Å². The molecule has 3 aromatic carbocycles. The quantitative estimate of drug-likeness (QED) is 0.461. The van der Waals surface area contributed by atoms with Crippen molar-refractivity contribution in [1.82, 2.24) is 10.0 Å². The van der Waals surface area contributed by atoms with Gasteiger partial charge in [0.15, 0.2) is 0 Å². The van der Waals surface area contributed by atoms with Crippen LogP contribution in [0.2, 0.25) is 0 Å². The highest BCUT2D eigenvalue weighted by molar-refractivity contribution is 7.89. The zero-order chi connectivity index (χ0) is 25.0. The highest BCUT2D eigenvalue weighted by Crippen LogP contribution is 2.28. The summed E-state index contributed by atoms with van der Waals surface area (Å²) in [5.74, 6) is -0.964. The van der Waals surface area contributed by atoms with E-state index in [0.29, 0.717) is 36.8 Å². The van der Waals surface area contributed by atoms with Gasteiger partial charge in [0.25, 0.3) is 0 Å². The van der Waals surface area contributed by atoms with Crippen molar-refractivity contribution in [1.29, 1.82) is 0 Å². The third-order valence-electron chi connectivity index (χ3n) is 6.50. The van der Waals surface area contributed by atoms with Crippen molar-refractivity contribution in [2.45, 2.75) is 49.6 Å². The van der Waals surface area contributed by atoms with Gasteiger partial charge in [-0.25, -0.2) is 21.9 Å². The Hall–Kier alpha value is -3.10. The molecule has 3 aromatic rings. The summed E-state index contributed by atoms with van der Waals surface area (Å²) in [6, 6.07) is 18.0. The van der Waals surface area contributed by atoms with E-state index in [1.807, 2.05) is 6.92 Å². The Morgan fingerprint density at radius 2 is 1.51 bits per heavy atom. The van der Waals surface area contributed by atoms with Crippen molar-refractivity contribution in [2.24, 2.45) is 5.92 Å². The second-order valence-electron chi connectivity index (χ2n) is 8.96. The Bertz CT molecular complexity index is 1270. The van der Waals surface area contributed by atoms with Crippen molar-refractivity contribution in [3.8, 4) is 11.1 Å². The first-order valence-corrected chi connectivity index (χ1v) is 13.1. The molecule has 8 heteroatoms. The lowest BCUT2D eigenvalue weighted by molar-refractivity contribution is -0.126. The number of carbonyl (C=O) groups excluding carboxylic acids is 1. The van der Waals surface area contributed by atoms with Crippen LogP contribution in [0.4, 0.5) is 8.78 Å². The van der Waals surface area contributed by atoms with E-state index >= 15 is 0 Å². The van der Waals surface area contributed by atoms with Crippen LogP contribution in [0.1, 0.15) is 44.2 Å². The maximum absolute atomic E-state index is 14.0. The first-order chi connectivity index (χ1) is 16.7. The fourth-order valence-corrected chi connectivity index (χ4v) is 5.74. The number of rotatable bonds is 7. The molecular weight excluding hydrogens is 470 g/mol. The van der Waals surface area contributed by atoms with Gasteiger partial charge in [-0.15, -0.1) is 0 Å². The molecule has 0 spiro atoms. The van der Waals surface area contributed by atoms with Crippen molar-refractivity contribution in [3.63, 3.8) is 0 Å². The minimum Gasteiger partial charge on any atom is -0.349 e. The third kappa shape index (κ3) is 6.13. The van der Waals surface area contributed by atoms with Crippen molar-refractivity contribution in [3.05, 3.63) is 90.0 Å². The maximum atomic E-state index is 14.0. The van der Waals surface area contributed by atoms with E-state index < -0.39 is 10.0 Å². The summed E-state index contributed by atoms with van der Waals surface area (Å²) in [5.41, 5.74) is 1.83. The molecule has 0 unspecified atom stereocenters. The summed E-state index contributed by atoms with van der Waals surface area (Å²) >= 11 is 0. The average Bonchev–Trinajstić information content (AvgIpc) is 2.85. The van der Waals surface area contributed by atoms with Crippen molar-refractivity contribution < 1.29 is 22.0 Å². The first-order valence-electron chi connectivity index (χ1n) is 11.7. The molecule has 1 amide bonds. The molecule has 1 fully saturated rings. The van der Waals surface area contributed by atoms with E-state index in [1.54, 1.807) is 42.5 Å². The number of sulfonamides is 1. The second-order valence-corrected chi connectivity index (χ2v) is 10.7. The lowest BCUT2D eigenvalue weighted by Crippen LogP contribution is -2.41. The van der Waals surface area contributed by atoms with E-state index in [2.05, 4.69) is 10.0 Å². The molecular formula is C27H28F2N2O3S. The largest absolute Gasteiger partial charge is 0.349 e. The highest BCUT2D eigenvalue weighted by atomic mass is 32.2. The molecule has 0 aliphatic heterocycles. The van der Waals surface area contributed by atoms with Crippen LogP contribution >= 0.6 is 0 Å². The van der Waals surface area contributed by atoms with E-state index in [4.69, 9.17) is 0 Å². The van der Waals surface area contributed by atoms with Gasteiger partial charge in [0, 0.05) is 17.5 Å².